The lowest BCUT2D eigenvalue weighted by Gasteiger charge is -2.13. The van der Waals surface area contributed by atoms with E-state index in [-0.39, 0.29) is 5.75 Å². The number of ether oxygens (including phenoxy) is 1. The van der Waals surface area contributed by atoms with E-state index in [9.17, 15) is 13.2 Å². The van der Waals surface area contributed by atoms with Crippen LogP contribution in [0.4, 0.5) is 13.2 Å². The molecule has 0 saturated carbocycles. The second-order valence-electron chi connectivity index (χ2n) is 3.51. The Bertz CT molecular complexity index is 432. The maximum Gasteiger partial charge on any atom is 0.573 e. The van der Waals surface area contributed by atoms with Gasteiger partial charge in [-0.3, -0.25) is 0 Å². The van der Waals surface area contributed by atoms with Crippen LogP contribution in [0.1, 0.15) is 18.9 Å². The van der Waals surface area contributed by atoms with Gasteiger partial charge in [0.2, 0.25) is 0 Å². The minimum Gasteiger partial charge on any atom is -0.405 e. The molecule has 18 heavy (non-hydrogen) atoms. The second-order valence-corrected chi connectivity index (χ2v) is 3.51. The molecule has 98 valence electrons. The Kier molecular flexibility index (Phi) is 5.53. The van der Waals surface area contributed by atoms with Crippen molar-refractivity contribution in [1.82, 2.24) is 5.32 Å². The fourth-order valence-electron chi connectivity index (χ4n) is 1.37. The number of rotatable bonds is 5. The van der Waals surface area contributed by atoms with Crippen LogP contribution in [0, 0.1) is 11.8 Å². The summed E-state index contributed by atoms with van der Waals surface area (Å²) < 4.78 is 40.4. The van der Waals surface area contributed by atoms with Gasteiger partial charge in [-0.1, -0.05) is 18.2 Å². The Balaban J connectivity index is 2.55. The summed E-state index contributed by atoms with van der Waals surface area (Å²) in [5.41, 5.74) is 0.472. The van der Waals surface area contributed by atoms with E-state index in [0.29, 0.717) is 25.1 Å². The van der Waals surface area contributed by atoms with Crippen LogP contribution < -0.4 is 10.1 Å². The van der Waals surface area contributed by atoms with Crippen LogP contribution in [0.5, 0.6) is 5.75 Å². The van der Waals surface area contributed by atoms with Gasteiger partial charge in [0.15, 0.2) is 0 Å². The minimum atomic E-state index is -4.66. The van der Waals surface area contributed by atoms with Crippen molar-refractivity contribution in [2.24, 2.45) is 0 Å². The molecule has 0 atom stereocenters. The van der Waals surface area contributed by atoms with Crippen molar-refractivity contribution >= 4 is 0 Å². The summed E-state index contributed by atoms with van der Waals surface area (Å²) in [5, 5.41) is 3.01. The zero-order chi connectivity index (χ0) is 13.4. The molecule has 0 radical (unpaired) electrons. The van der Waals surface area contributed by atoms with Gasteiger partial charge in [-0.25, -0.2) is 0 Å². The van der Waals surface area contributed by atoms with E-state index in [0.717, 1.165) is 0 Å². The number of halogens is 3. The Hall–Kier alpha value is -1.67. The lowest BCUT2D eigenvalue weighted by molar-refractivity contribution is -0.274. The standard InChI is InChI=1S/C13H14F3NO/c1-2-3-6-9-17-10-11-7-4-5-8-12(11)18-13(14,15)16/h4-5,7-8,17H,6,9-10H2,1H3. The predicted molar refractivity (Wildman–Crippen MR) is 62.9 cm³/mol. The van der Waals surface area contributed by atoms with Crippen molar-refractivity contribution in [2.75, 3.05) is 6.54 Å². The van der Waals surface area contributed by atoms with Crippen LogP contribution in [0.3, 0.4) is 0 Å². The normalized spacial score (nSPS) is 10.7. The highest BCUT2D eigenvalue weighted by Crippen LogP contribution is 2.25. The van der Waals surface area contributed by atoms with E-state index in [1.165, 1.54) is 12.1 Å². The molecule has 0 aliphatic carbocycles. The van der Waals surface area contributed by atoms with Gasteiger partial charge in [0.05, 0.1) is 0 Å². The molecule has 0 saturated heterocycles. The molecule has 1 aromatic rings. The predicted octanol–water partition coefficient (Wildman–Crippen LogP) is 3.09. The van der Waals surface area contributed by atoms with E-state index < -0.39 is 6.36 Å². The van der Waals surface area contributed by atoms with Gasteiger partial charge >= 0.3 is 6.36 Å². The van der Waals surface area contributed by atoms with E-state index in [2.05, 4.69) is 21.9 Å². The monoisotopic (exact) mass is 257 g/mol. The molecule has 0 bridgehead atoms. The summed E-state index contributed by atoms with van der Waals surface area (Å²) in [6.45, 7) is 2.69. The first-order valence-corrected chi connectivity index (χ1v) is 5.47. The Morgan fingerprint density at radius 2 is 2.00 bits per heavy atom. The zero-order valence-electron chi connectivity index (χ0n) is 9.97. The van der Waals surface area contributed by atoms with Crippen LogP contribution in [-0.2, 0) is 6.54 Å². The molecule has 1 rings (SSSR count). The van der Waals surface area contributed by atoms with Crippen LogP contribution in [0.2, 0.25) is 0 Å². The molecule has 5 heteroatoms. The molecule has 1 N–H and O–H groups in total. The molecule has 0 amide bonds. The van der Waals surface area contributed by atoms with E-state index >= 15 is 0 Å². The van der Waals surface area contributed by atoms with Crippen molar-refractivity contribution in [3.05, 3.63) is 29.8 Å². The topological polar surface area (TPSA) is 21.3 Å². The van der Waals surface area contributed by atoms with Gasteiger partial charge in [0.25, 0.3) is 0 Å². The molecule has 0 aliphatic heterocycles. The van der Waals surface area contributed by atoms with Crippen molar-refractivity contribution < 1.29 is 17.9 Å². The summed E-state index contributed by atoms with van der Waals surface area (Å²) in [5.74, 6) is 5.44. The minimum absolute atomic E-state index is 0.168. The van der Waals surface area contributed by atoms with Gasteiger partial charge < -0.3 is 10.1 Å². The molecule has 1 aromatic carbocycles. The lowest BCUT2D eigenvalue weighted by atomic mass is 10.2. The number of hydrogen-bond donors (Lipinski definition) is 1. The lowest BCUT2D eigenvalue weighted by Crippen LogP contribution is -2.20. The average molecular weight is 257 g/mol. The summed E-state index contributed by atoms with van der Waals surface area (Å²) >= 11 is 0. The number of alkyl halides is 3. The van der Waals surface area contributed by atoms with Crippen LogP contribution in [0.25, 0.3) is 0 Å². The SMILES string of the molecule is CC#CCCNCc1ccccc1OC(F)(F)F. The first-order chi connectivity index (χ1) is 8.53. The number of para-hydroxylation sites is 1. The third kappa shape index (κ3) is 5.60. The summed E-state index contributed by atoms with van der Waals surface area (Å²) in [6.07, 6.45) is -4.00. The largest absolute Gasteiger partial charge is 0.573 e. The van der Waals surface area contributed by atoms with Crippen molar-refractivity contribution in [3.8, 4) is 17.6 Å². The number of nitrogens with one attached hydrogen (secondary N) is 1. The molecule has 0 fully saturated rings. The van der Waals surface area contributed by atoms with Crippen LogP contribution >= 0.6 is 0 Å². The molecular weight excluding hydrogens is 243 g/mol. The Morgan fingerprint density at radius 1 is 1.28 bits per heavy atom. The summed E-state index contributed by atoms with van der Waals surface area (Å²) in [7, 11) is 0. The highest BCUT2D eigenvalue weighted by molar-refractivity contribution is 5.33. The average Bonchev–Trinajstić information content (AvgIpc) is 2.29. The van der Waals surface area contributed by atoms with E-state index in [1.807, 2.05) is 0 Å². The Morgan fingerprint density at radius 3 is 2.67 bits per heavy atom. The zero-order valence-corrected chi connectivity index (χ0v) is 9.97. The quantitative estimate of drug-likeness (QED) is 0.646. The third-order valence-corrected chi connectivity index (χ3v) is 2.12. The molecule has 0 heterocycles. The first kappa shape index (κ1) is 14.4. The Labute approximate surface area is 104 Å². The smallest absolute Gasteiger partial charge is 0.405 e. The first-order valence-electron chi connectivity index (χ1n) is 5.47. The molecule has 0 aromatic heterocycles. The highest BCUT2D eigenvalue weighted by Gasteiger charge is 2.31. The van der Waals surface area contributed by atoms with Crippen LogP contribution in [-0.4, -0.2) is 12.9 Å². The van der Waals surface area contributed by atoms with Crippen molar-refractivity contribution in [1.29, 1.82) is 0 Å². The molecule has 2 nitrogen and oxygen atoms in total. The number of hydrogen-bond acceptors (Lipinski definition) is 2. The summed E-state index contributed by atoms with van der Waals surface area (Å²) in [6, 6.07) is 6.08. The third-order valence-electron chi connectivity index (χ3n) is 2.12. The maximum absolute atomic E-state index is 12.1. The van der Waals surface area contributed by atoms with Gasteiger partial charge in [-0.2, -0.15) is 0 Å². The van der Waals surface area contributed by atoms with Crippen LogP contribution in [0.15, 0.2) is 24.3 Å². The summed E-state index contributed by atoms with van der Waals surface area (Å²) in [4.78, 5) is 0. The van der Waals surface area contributed by atoms with Crippen molar-refractivity contribution in [2.45, 2.75) is 26.3 Å². The molecule has 0 aliphatic rings. The van der Waals surface area contributed by atoms with E-state index in [1.54, 1.807) is 19.1 Å². The fraction of sp³-hybridized carbons (Fsp3) is 0.385. The van der Waals surface area contributed by atoms with Gasteiger partial charge in [-0.05, 0) is 13.0 Å². The van der Waals surface area contributed by atoms with Gasteiger partial charge in [-0.15, -0.1) is 25.0 Å². The van der Waals surface area contributed by atoms with Gasteiger partial charge in [0.1, 0.15) is 5.75 Å². The molecule has 0 unspecified atom stereocenters. The second kappa shape index (κ2) is 6.92. The molecular formula is C13H14F3NO. The number of benzene rings is 1. The molecule has 0 spiro atoms. The van der Waals surface area contributed by atoms with Crippen molar-refractivity contribution in [3.63, 3.8) is 0 Å². The fourth-order valence-corrected chi connectivity index (χ4v) is 1.37. The maximum atomic E-state index is 12.1. The highest BCUT2D eigenvalue weighted by atomic mass is 19.4. The van der Waals surface area contributed by atoms with E-state index in [4.69, 9.17) is 0 Å². The van der Waals surface area contributed by atoms with Gasteiger partial charge in [0, 0.05) is 25.1 Å².